The number of ether oxygens (including phenoxy) is 4. The molecule has 0 aliphatic rings. The number of carbonyl (C=O) groups is 4. The molecule has 108 heavy (non-hydrogen) atoms. The van der Waals surface area contributed by atoms with E-state index in [1.165, 1.54) is 109 Å². The van der Waals surface area contributed by atoms with E-state index in [4.69, 9.17) is 37.0 Å². The number of aliphatic hydroxyl groups excluding tert-OH is 1. The van der Waals surface area contributed by atoms with Gasteiger partial charge in [-0.2, -0.15) is 0 Å². The summed E-state index contributed by atoms with van der Waals surface area (Å²) in [7, 11) is -10.0. The monoisotopic (exact) mass is 1550 g/mol. The Bertz CT molecular complexity index is 2610. The lowest BCUT2D eigenvalue weighted by Gasteiger charge is -2.21. The van der Waals surface area contributed by atoms with Crippen LogP contribution in [0.15, 0.2) is 146 Å². The number of aliphatic hydroxyl groups is 1. The van der Waals surface area contributed by atoms with Gasteiger partial charge in [0, 0.05) is 25.7 Å². The number of hydrogen-bond acceptors (Lipinski definition) is 15. The Morgan fingerprint density at radius 2 is 0.500 bits per heavy atom. The van der Waals surface area contributed by atoms with Crippen LogP contribution in [-0.4, -0.2) is 96.7 Å². The van der Waals surface area contributed by atoms with Gasteiger partial charge in [-0.25, -0.2) is 9.13 Å². The van der Waals surface area contributed by atoms with Crippen molar-refractivity contribution in [3.8, 4) is 0 Å². The Morgan fingerprint density at radius 1 is 0.269 bits per heavy atom. The lowest BCUT2D eigenvalue weighted by atomic mass is 10.0. The van der Waals surface area contributed by atoms with Crippen molar-refractivity contribution in [2.24, 2.45) is 0 Å². The number of esters is 4. The van der Waals surface area contributed by atoms with E-state index in [0.717, 1.165) is 141 Å². The molecule has 0 rings (SSSR count). The van der Waals surface area contributed by atoms with Gasteiger partial charge in [0.05, 0.1) is 26.4 Å². The van der Waals surface area contributed by atoms with Crippen molar-refractivity contribution in [2.45, 2.75) is 354 Å². The molecular formula is C89H150O17P2. The fraction of sp³-hybridized carbons (Fsp3) is 0.685. The first-order valence-electron chi connectivity index (χ1n) is 42.1. The molecule has 0 aromatic heterocycles. The molecule has 0 fully saturated rings. The largest absolute Gasteiger partial charge is 0.472 e. The van der Waals surface area contributed by atoms with Crippen LogP contribution in [0.2, 0.25) is 0 Å². The van der Waals surface area contributed by atoms with Crippen molar-refractivity contribution in [1.82, 2.24) is 0 Å². The van der Waals surface area contributed by atoms with Crippen LogP contribution < -0.4 is 0 Å². The first-order chi connectivity index (χ1) is 52.7. The van der Waals surface area contributed by atoms with Crippen molar-refractivity contribution in [3.05, 3.63) is 146 Å². The summed E-state index contributed by atoms with van der Waals surface area (Å²) in [5.74, 6) is -2.32. The molecule has 0 amide bonds. The molecule has 0 aromatic rings. The molecule has 618 valence electrons. The number of phosphoric acid groups is 2. The summed E-state index contributed by atoms with van der Waals surface area (Å²) in [6, 6.07) is 0. The maximum absolute atomic E-state index is 13.1. The minimum Gasteiger partial charge on any atom is -0.462 e. The maximum Gasteiger partial charge on any atom is 0.472 e. The fourth-order valence-corrected chi connectivity index (χ4v) is 12.5. The normalized spacial score (nSPS) is 14.5. The Labute approximate surface area is 656 Å². The van der Waals surface area contributed by atoms with E-state index in [2.05, 4.69) is 161 Å². The molecule has 19 heteroatoms. The number of rotatable bonds is 78. The zero-order chi connectivity index (χ0) is 78.9. The predicted molar refractivity (Wildman–Crippen MR) is 445 cm³/mol. The van der Waals surface area contributed by atoms with E-state index in [0.29, 0.717) is 32.1 Å². The third-order valence-corrected chi connectivity index (χ3v) is 19.2. The molecule has 0 saturated heterocycles. The summed E-state index contributed by atoms with van der Waals surface area (Å²) in [6.07, 6.45) is 92.5. The Kier molecular flexibility index (Phi) is 76.3. The second kappa shape index (κ2) is 80.0. The highest BCUT2D eigenvalue weighted by Gasteiger charge is 2.30. The van der Waals surface area contributed by atoms with E-state index in [-0.39, 0.29) is 25.7 Å². The van der Waals surface area contributed by atoms with Gasteiger partial charge in [-0.15, -0.1) is 0 Å². The number of hydrogen-bond donors (Lipinski definition) is 3. The summed E-state index contributed by atoms with van der Waals surface area (Å²) in [5, 5.41) is 10.7. The van der Waals surface area contributed by atoms with Crippen LogP contribution in [0.25, 0.3) is 0 Å². The first kappa shape index (κ1) is 103. The van der Waals surface area contributed by atoms with Gasteiger partial charge >= 0.3 is 39.5 Å². The quantitative estimate of drug-likeness (QED) is 0.0169. The zero-order valence-electron chi connectivity index (χ0n) is 67.7. The van der Waals surface area contributed by atoms with E-state index in [1.807, 2.05) is 12.2 Å². The van der Waals surface area contributed by atoms with E-state index >= 15 is 0 Å². The van der Waals surface area contributed by atoms with Gasteiger partial charge in [-0.05, 0) is 141 Å². The molecule has 0 aliphatic carbocycles. The Hall–Kier alpha value is -5.06. The van der Waals surface area contributed by atoms with Crippen LogP contribution >= 0.6 is 15.6 Å². The van der Waals surface area contributed by atoms with E-state index < -0.39 is 97.5 Å². The molecule has 0 heterocycles. The van der Waals surface area contributed by atoms with Crippen LogP contribution in [0, 0.1) is 0 Å². The van der Waals surface area contributed by atoms with Gasteiger partial charge in [0.2, 0.25) is 0 Å². The third kappa shape index (κ3) is 79.0. The number of phosphoric ester groups is 2. The second-order valence-electron chi connectivity index (χ2n) is 27.7. The smallest absolute Gasteiger partial charge is 0.462 e. The van der Waals surface area contributed by atoms with Crippen LogP contribution in [0.1, 0.15) is 336 Å². The highest BCUT2D eigenvalue weighted by atomic mass is 31.2. The summed E-state index contributed by atoms with van der Waals surface area (Å²) in [6.45, 7) is 4.60. The summed E-state index contributed by atoms with van der Waals surface area (Å²) in [4.78, 5) is 73.1. The SMILES string of the molecule is CC/C=C\C/C=C\C/C=C\C/C=C\C/C=C\CCCCCC(=O)O[C@H](COC(=O)CCCCCCCCCCCCCCCCC)COP(=O)(O)OC[C@H](O)COP(=O)(O)OC[C@@H](COC(=O)CC/C=C\C/C=C\C/C=C\C/C=C\C/C=C\CCCCC)OC(=O)CCCCCCC/C=C\C/C=C\CCCCC. The van der Waals surface area contributed by atoms with Crippen molar-refractivity contribution < 1.29 is 80.2 Å². The topological polar surface area (TPSA) is 237 Å². The van der Waals surface area contributed by atoms with E-state index in [1.54, 1.807) is 0 Å². The number of unbranched alkanes of at least 4 members (excludes halogenated alkanes) is 28. The van der Waals surface area contributed by atoms with Gasteiger partial charge in [-0.3, -0.25) is 37.3 Å². The molecule has 0 aliphatic heterocycles. The molecule has 0 aromatic carbocycles. The zero-order valence-corrected chi connectivity index (χ0v) is 69.5. The van der Waals surface area contributed by atoms with Gasteiger partial charge in [0.1, 0.15) is 19.3 Å². The van der Waals surface area contributed by atoms with Crippen LogP contribution in [0.5, 0.6) is 0 Å². The first-order valence-corrected chi connectivity index (χ1v) is 45.1. The van der Waals surface area contributed by atoms with Crippen LogP contribution in [0.3, 0.4) is 0 Å². The molecule has 5 atom stereocenters. The molecule has 0 bridgehead atoms. The molecule has 17 nitrogen and oxygen atoms in total. The Morgan fingerprint density at radius 3 is 0.824 bits per heavy atom. The molecule has 0 saturated carbocycles. The van der Waals surface area contributed by atoms with Crippen LogP contribution in [0.4, 0.5) is 0 Å². The minimum atomic E-state index is -5.01. The predicted octanol–water partition coefficient (Wildman–Crippen LogP) is 25.0. The molecule has 2 unspecified atom stereocenters. The van der Waals surface area contributed by atoms with Crippen LogP contribution in [-0.2, 0) is 65.4 Å². The number of allylic oxidation sites excluding steroid dienone is 24. The van der Waals surface area contributed by atoms with Crippen molar-refractivity contribution in [1.29, 1.82) is 0 Å². The lowest BCUT2D eigenvalue weighted by molar-refractivity contribution is -0.161. The molecular weight excluding hydrogens is 1400 g/mol. The average Bonchev–Trinajstić information content (AvgIpc) is 0.899. The summed E-state index contributed by atoms with van der Waals surface area (Å²) in [5.41, 5.74) is 0. The van der Waals surface area contributed by atoms with E-state index in [9.17, 15) is 43.2 Å². The average molecular weight is 1550 g/mol. The van der Waals surface area contributed by atoms with Gasteiger partial charge in [0.25, 0.3) is 0 Å². The molecule has 0 spiro atoms. The second-order valence-corrected chi connectivity index (χ2v) is 30.6. The molecule has 0 radical (unpaired) electrons. The van der Waals surface area contributed by atoms with Crippen molar-refractivity contribution >= 4 is 39.5 Å². The third-order valence-electron chi connectivity index (χ3n) is 17.3. The highest BCUT2D eigenvalue weighted by Crippen LogP contribution is 2.45. The lowest BCUT2D eigenvalue weighted by Crippen LogP contribution is -2.30. The van der Waals surface area contributed by atoms with Gasteiger partial charge in [0.15, 0.2) is 12.2 Å². The molecule has 3 N–H and O–H groups in total. The standard InChI is InChI=1S/C89H150O17P2/c1-5-9-13-17-21-25-29-33-37-39-41-43-47-50-54-58-62-66-70-74-87(92)100-80-84(105-88(93)75-71-67-63-59-55-51-46-36-32-28-24-20-16-12-8-4)81-103-107(95,96)101-77-83(90)78-102-108(97,98)104-82-85(79-99-86(91)73-69-65-61-57-53-49-45-35-31-27-23-19-15-11-7-3)106-89(94)76-72-68-64-60-56-52-48-44-42-40-38-34-30-26-22-18-14-10-6-2/h10,14,21-22,24-26,28,33-34,36-38,41-44,46,50,52,54,56,62,66,83-85,90H,5-9,11-13,15-20,23,27,29-32,35,39-40,45,47-49,51,53,55,57-61,63-65,67-82H2,1-4H3,(H,95,96)(H,97,98)/b14-10-,25-21-,26-22-,28-24-,37-33-,38-34-,43-41-,44-42-,46-36-,54-50-,56-52-,66-62-/t83-,84-,85-/m1/s1. The number of carbonyl (C=O) groups excluding carboxylic acids is 4. The highest BCUT2D eigenvalue weighted by molar-refractivity contribution is 7.47. The van der Waals surface area contributed by atoms with Gasteiger partial charge < -0.3 is 33.8 Å². The summed E-state index contributed by atoms with van der Waals surface area (Å²) >= 11 is 0. The van der Waals surface area contributed by atoms with Crippen molar-refractivity contribution in [2.75, 3.05) is 39.6 Å². The fourth-order valence-electron chi connectivity index (χ4n) is 10.9. The van der Waals surface area contributed by atoms with Gasteiger partial charge in [-0.1, -0.05) is 315 Å². The summed E-state index contributed by atoms with van der Waals surface area (Å²) < 4.78 is 68.6. The maximum atomic E-state index is 13.1. The minimum absolute atomic E-state index is 0.0311. The Balaban J connectivity index is 5.48. The van der Waals surface area contributed by atoms with Crippen molar-refractivity contribution in [3.63, 3.8) is 0 Å².